The number of nitrogens with one attached hydrogen (secondary N) is 2. The maximum Gasteiger partial charge on any atom is 0.425 e. The molecule has 0 aliphatic heterocycles. The number of hydrogen-bond donors (Lipinski definition) is 2. The molecule has 0 bridgehead atoms. The van der Waals surface area contributed by atoms with E-state index in [2.05, 4.69) is 15.6 Å². The van der Waals surface area contributed by atoms with Crippen LogP contribution in [0, 0.1) is 5.41 Å². The number of rotatable bonds is 6. The molecule has 156 valence electrons. The van der Waals surface area contributed by atoms with Crippen molar-refractivity contribution < 1.29 is 27.5 Å². The molecular weight excluding hydrogens is 375 g/mol. The zero-order valence-corrected chi connectivity index (χ0v) is 16.6. The Morgan fingerprint density at radius 2 is 1.86 bits per heavy atom. The fraction of sp³-hybridized carbons (Fsp3) is 0.632. The van der Waals surface area contributed by atoms with E-state index < -0.39 is 29.6 Å². The maximum atomic E-state index is 12.9. The van der Waals surface area contributed by atoms with E-state index in [-0.39, 0.29) is 23.3 Å². The average Bonchev–Trinajstić information content (AvgIpc) is 3.41. The topological polar surface area (TPSA) is 80.3 Å². The van der Waals surface area contributed by atoms with Crippen molar-refractivity contribution in [3.63, 3.8) is 0 Å². The van der Waals surface area contributed by atoms with Crippen molar-refractivity contribution >= 4 is 11.8 Å². The molecule has 6 nitrogen and oxygen atoms in total. The lowest BCUT2D eigenvalue weighted by Gasteiger charge is -2.29. The van der Waals surface area contributed by atoms with Crippen LogP contribution in [0.5, 0.6) is 5.75 Å². The molecule has 0 aromatic carbocycles. The van der Waals surface area contributed by atoms with E-state index in [1.165, 1.54) is 19.3 Å². The molecule has 2 atom stereocenters. The fourth-order valence-corrected chi connectivity index (χ4v) is 2.66. The summed E-state index contributed by atoms with van der Waals surface area (Å²) in [6.07, 6.45) is -3.48. The highest BCUT2D eigenvalue weighted by atomic mass is 19.4. The summed E-state index contributed by atoms with van der Waals surface area (Å²) < 4.78 is 43.8. The first-order valence-electron chi connectivity index (χ1n) is 9.10. The number of carbonyl (C=O) groups excluding carboxylic acids is 2. The molecule has 1 aromatic rings. The number of carbonyl (C=O) groups is 2. The molecule has 0 radical (unpaired) electrons. The Hall–Kier alpha value is -2.32. The van der Waals surface area contributed by atoms with Gasteiger partial charge in [0.15, 0.2) is 6.10 Å². The zero-order valence-electron chi connectivity index (χ0n) is 16.6. The summed E-state index contributed by atoms with van der Waals surface area (Å²) in [4.78, 5) is 28.8. The van der Waals surface area contributed by atoms with Crippen LogP contribution >= 0.6 is 0 Å². The van der Waals surface area contributed by atoms with Crippen LogP contribution in [-0.2, 0) is 4.79 Å². The highest BCUT2D eigenvalue weighted by molar-refractivity contribution is 5.96. The van der Waals surface area contributed by atoms with Crippen LogP contribution in [0.3, 0.4) is 0 Å². The van der Waals surface area contributed by atoms with Gasteiger partial charge < -0.3 is 15.4 Å². The van der Waals surface area contributed by atoms with Crippen LogP contribution < -0.4 is 15.4 Å². The summed E-state index contributed by atoms with van der Waals surface area (Å²) in [6.45, 7) is 6.28. The van der Waals surface area contributed by atoms with Crippen LogP contribution in [0.25, 0.3) is 0 Å². The predicted octanol–water partition coefficient (Wildman–Crippen LogP) is 3.18. The van der Waals surface area contributed by atoms with Gasteiger partial charge in [0.2, 0.25) is 5.91 Å². The standard InChI is InChI=1S/C19H26F3N3O3/c1-10(19(20,21)22)28-14-8-13(24-9-12(14)11-6-7-11)16(26)25-15(17(27)23-5)18(2,3)4/h8-11,15H,6-7H2,1-5H3,(H,23,27)(H,25,26)/t10-,15?/m0/s1. The van der Waals surface area contributed by atoms with Crippen molar-refractivity contribution in [2.75, 3.05) is 7.05 Å². The van der Waals surface area contributed by atoms with E-state index in [4.69, 9.17) is 4.74 Å². The Morgan fingerprint density at radius 1 is 1.25 bits per heavy atom. The van der Waals surface area contributed by atoms with Gasteiger partial charge in [0.25, 0.3) is 5.91 Å². The maximum absolute atomic E-state index is 12.9. The SMILES string of the molecule is CNC(=O)C(NC(=O)c1cc(O[C@@H](C)C(F)(F)F)c(C2CC2)cn1)C(C)(C)C. The van der Waals surface area contributed by atoms with E-state index in [0.717, 1.165) is 19.8 Å². The number of aromatic nitrogens is 1. The van der Waals surface area contributed by atoms with Gasteiger partial charge in [-0.1, -0.05) is 20.8 Å². The Labute approximate surface area is 162 Å². The molecule has 28 heavy (non-hydrogen) atoms. The van der Waals surface area contributed by atoms with Crippen LogP contribution in [0.4, 0.5) is 13.2 Å². The molecule has 1 saturated carbocycles. The molecule has 2 amide bonds. The van der Waals surface area contributed by atoms with E-state index in [1.807, 2.05) is 0 Å². The molecule has 1 aliphatic carbocycles. The van der Waals surface area contributed by atoms with Gasteiger partial charge in [-0.15, -0.1) is 0 Å². The van der Waals surface area contributed by atoms with Gasteiger partial charge in [-0.05, 0) is 31.1 Å². The largest absolute Gasteiger partial charge is 0.481 e. The molecule has 1 aliphatic rings. The molecule has 9 heteroatoms. The monoisotopic (exact) mass is 401 g/mol. The molecule has 0 spiro atoms. The highest BCUT2D eigenvalue weighted by Crippen LogP contribution is 2.44. The third-order valence-corrected chi connectivity index (χ3v) is 4.56. The third-order valence-electron chi connectivity index (χ3n) is 4.56. The number of pyridine rings is 1. The van der Waals surface area contributed by atoms with E-state index >= 15 is 0 Å². The second-order valence-electron chi connectivity index (χ2n) is 8.07. The normalized spacial score (nSPS) is 16.9. The minimum absolute atomic E-state index is 0.000253. The first-order valence-corrected chi connectivity index (χ1v) is 9.10. The summed E-state index contributed by atoms with van der Waals surface area (Å²) in [6, 6.07) is 0.378. The molecule has 1 fully saturated rings. The first kappa shape index (κ1) is 22.0. The van der Waals surface area contributed by atoms with Gasteiger partial charge in [0.1, 0.15) is 17.5 Å². The number of nitrogens with zero attached hydrogens (tertiary/aromatic N) is 1. The molecular formula is C19H26F3N3O3. The molecule has 1 heterocycles. The van der Waals surface area contributed by atoms with E-state index in [9.17, 15) is 22.8 Å². The Morgan fingerprint density at radius 3 is 2.32 bits per heavy atom. The highest BCUT2D eigenvalue weighted by Gasteiger charge is 2.39. The predicted molar refractivity (Wildman–Crippen MR) is 97.1 cm³/mol. The van der Waals surface area contributed by atoms with Crippen molar-refractivity contribution in [3.05, 3.63) is 23.5 Å². The smallest absolute Gasteiger partial charge is 0.425 e. The summed E-state index contributed by atoms with van der Waals surface area (Å²) in [7, 11) is 1.46. The van der Waals surface area contributed by atoms with E-state index in [0.29, 0.717) is 5.56 Å². The van der Waals surface area contributed by atoms with Crippen molar-refractivity contribution in [2.24, 2.45) is 5.41 Å². The zero-order chi connectivity index (χ0) is 21.3. The average molecular weight is 401 g/mol. The lowest BCUT2D eigenvalue weighted by molar-refractivity contribution is -0.189. The summed E-state index contributed by atoms with van der Waals surface area (Å²) in [5, 5.41) is 5.10. The number of amides is 2. The lowest BCUT2D eigenvalue weighted by atomic mass is 9.86. The second kappa shape index (κ2) is 7.97. The first-order chi connectivity index (χ1) is 12.8. The number of halogens is 3. The van der Waals surface area contributed by atoms with Crippen LogP contribution in [-0.4, -0.2) is 42.2 Å². The minimum Gasteiger partial charge on any atom is -0.481 e. The third kappa shape index (κ3) is 5.36. The quantitative estimate of drug-likeness (QED) is 0.767. The van der Waals surface area contributed by atoms with Gasteiger partial charge in [-0.2, -0.15) is 13.2 Å². The molecule has 2 N–H and O–H groups in total. The number of ether oxygens (including phenoxy) is 1. The van der Waals surface area contributed by atoms with Gasteiger partial charge >= 0.3 is 6.18 Å². The Bertz CT molecular complexity index is 740. The minimum atomic E-state index is -4.52. The summed E-state index contributed by atoms with van der Waals surface area (Å²) in [5.74, 6) is -0.944. The van der Waals surface area contributed by atoms with Crippen LogP contribution in [0.2, 0.25) is 0 Å². The summed E-state index contributed by atoms with van der Waals surface area (Å²) >= 11 is 0. The second-order valence-corrected chi connectivity index (χ2v) is 8.07. The molecule has 0 saturated heterocycles. The number of alkyl halides is 3. The van der Waals surface area contributed by atoms with Crippen LogP contribution in [0.15, 0.2) is 12.3 Å². The van der Waals surface area contributed by atoms with Crippen molar-refractivity contribution in [3.8, 4) is 5.75 Å². The van der Waals surface area contributed by atoms with Crippen LogP contribution in [0.1, 0.15) is 62.5 Å². The van der Waals surface area contributed by atoms with Gasteiger partial charge in [0.05, 0.1) is 0 Å². The Kier molecular flexibility index (Phi) is 6.25. The summed E-state index contributed by atoms with van der Waals surface area (Å²) in [5.41, 5.74) is -0.119. The van der Waals surface area contributed by atoms with Gasteiger partial charge in [0, 0.05) is 24.9 Å². The lowest BCUT2D eigenvalue weighted by Crippen LogP contribution is -2.53. The molecule has 2 rings (SSSR count). The fourth-order valence-electron chi connectivity index (χ4n) is 2.66. The van der Waals surface area contributed by atoms with Gasteiger partial charge in [-0.25, -0.2) is 0 Å². The van der Waals surface area contributed by atoms with Crippen molar-refractivity contribution in [1.82, 2.24) is 15.6 Å². The number of hydrogen-bond acceptors (Lipinski definition) is 4. The Balaban J connectivity index is 2.28. The van der Waals surface area contributed by atoms with Crippen molar-refractivity contribution in [1.29, 1.82) is 0 Å². The molecule has 1 unspecified atom stereocenters. The van der Waals surface area contributed by atoms with Gasteiger partial charge in [-0.3, -0.25) is 14.6 Å². The van der Waals surface area contributed by atoms with Crippen molar-refractivity contribution in [2.45, 2.75) is 64.8 Å². The number of likely N-dealkylation sites (N-methyl/N-ethyl adjacent to an activating group) is 1. The van der Waals surface area contributed by atoms with E-state index in [1.54, 1.807) is 20.8 Å². The molecule has 1 aromatic heterocycles.